The number of nitriles is 1. The highest BCUT2D eigenvalue weighted by molar-refractivity contribution is 6.06. The lowest BCUT2D eigenvalue weighted by Crippen LogP contribution is -2.18. The summed E-state index contributed by atoms with van der Waals surface area (Å²) in [6.45, 7) is 2.67. The molecule has 0 atom stereocenters. The number of carbonyl (C=O) groups is 1. The number of nitrogens with one attached hydrogen (secondary N) is 2. The largest absolute Gasteiger partial charge is 0.494 e. The van der Waals surface area contributed by atoms with Crippen LogP contribution in [-0.4, -0.2) is 30.8 Å². The van der Waals surface area contributed by atoms with Gasteiger partial charge in [-0.05, 0) is 31.2 Å². The molecular formula is C14H17N3O3. The number of anilines is 1. The van der Waals surface area contributed by atoms with Crippen molar-refractivity contribution in [2.45, 2.75) is 6.92 Å². The molecule has 0 spiro atoms. The van der Waals surface area contributed by atoms with Crippen LogP contribution in [0.2, 0.25) is 0 Å². The topological polar surface area (TPSA) is 94.4 Å². The molecule has 6 nitrogen and oxygen atoms in total. The van der Waals surface area contributed by atoms with E-state index in [-0.39, 0.29) is 18.7 Å². The van der Waals surface area contributed by atoms with Crippen LogP contribution in [0.5, 0.6) is 5.75 Å². The Hall–Kier alpha value is -2.52. The van der Waals surface area contributed by atoms with Gasteiger partial charge in [0.15, 0.2) is 0 Å². The Labute approximate surface area is 117 Å². The van der Waals surface area contributed by atoms with Crippen LogP contribution in [0.25, 0.3) is 0 Å². The molecule has 0 saturated heterocycles. The van der Waals surface area contributed by atoms with E-state index >= 15 is 0 Å². The van der Waals surface area contributed by atoms with Crippen LogP contribution in [0.3, 0.4) is 0 Å². The van der Waals surface area contributed by atoms with Gasteiger partial charge in [-0.15, -0.1) is 0 Å². The molecule has 1 rings (SSSR count). The van der Waals surface area contributed by atoms with Crippen molar-refractivity contribution in [1.29, 1.82) is 5.26 Å². The predicted molar refractivity (Wildman–Crippen MR) is 75.0 cm³/mol. The average Bonchev–Trinajstić information content (AvgIpc) is 2.46. The molecule has 0 fully saturated rings. The van der Waals surface area contributed by atoms with E-state index in [1.807, 2.05) is 6.92 Å². The fourth-order valence-electron chi connectivity index (χ4n) is 1.39. The summed E-state index contributed by atoms with van der Waals surface area (Å²) in [7, 11) is 0. The van der Waals surface area contributed by atoms with E-state index in [9.17, 15) is 4.79 Å². The molecule has 0 aromatic heterocycles. The first kappa shape index (κ1) is 15.5. The summed E-state index contributed by atoms with van der Waals surface area (Å²) >= 11 is 0. The smallest absolute Gasteiger partial charge is 0.267 e. The second kappa shape index (κ2) is 8.56. The zero-order chi connectivity index (χ0) is 14.8. The minimum absolute atomic E-state index is 0.0627. The molecule has 6 heteroatoms. The molecule has 0 heterocycles. The number of hydrogen-bond acceptors (Lipinski definition) is 5. The lowest BCUT2D eigenvalue weighted by molar-refractivity contribution is -0.112. The summed E-state index contributed by atoms with van der Waals surface area (Å²) < 4.78 is 5.29. The normalized spacial score (nSPS) is 10.6. The van der Waals surface area contributed by atoms with Gasteiger partial charge in [0.1, 0.15) is 17.4 Å². The molecule has 1 aromatic carbocycles. The van der Waals surface area contributed by atoms with Crippen molar-refractivity contribution in [2.75, 3.05) is 25.1 Å². The summed E-state index contributed by atoms with van der Waals surface area (Å²) in [5.41, 5.74) is 0.508. The summed E-state index contributed by atoms with van der Waals surface area (Å²) in [4.78, 5) is 11.8. The van der Waals surface area contributed by atoms with Gasteiger partial charge in [0.05, 0.1) is 13.2 Å². The van der Waals surface area contributed by atoms with Crippen molar-refractivity contribution in [2.24, 2.45) is 0 Å². The van der Waals surface area contributed by atoms with Crippen molar-refractivity contribution < 1.29 is 14.6 Å². The van der Waals surface area contributed by atoms with Crippen LogP contribution < -0.4 is 15.4 Å². The number of nitrogens with zero attached hydrogens (tertiary/aromatic N) is 1. The fourth-order valence-corrected chi connectivity index (χ4v) is 1.39. The number of ether oxygens (including phenoxy) is 1. The van der Waals surface area contributed by atoms with Gasteiger partial charge in [0.2, 0.25) is 0 Å². The van der Waals surface area contributed by atoms with Gasteiger partial charge < -0.3 is 20.5 Å². The molecule has 0 bridgehead atoms. The maximum absolute atomic E-state index is 11.8. The number of aliphatic hydroxyl groups is 1. The van der Waals surface area contributed by atoms with E-state index in [1.54, 1.807) is 30.3 Å². The van der Waals surface area contributed by atoms with Crippen molar-refractivity contribution in [3.63, 3.8) is 0 Å². The second-order valence-corrected chi connectivity index (χ2v) is 3.76. The minimum Gasteiger partial charge on any atom is -0.494 e. The molecular weight excluding hydrogens is 258 g/mol. The highest BCUT2D eigenvalue weighted by Gasteiger charge is 2.08. The molecule has 0 aliphatic carbocycles. The molecule has 0 aliphatic heterocycles. The van der Waals surface area contributed by atoms with Crippen LogP contribution in [0.1, 0.15) is 6.92 Å². The van der Waals surface area contributed by atoms with Gasteiger partial charge >= 0.3 is 0 Å². The fraction of sp³-hybridized carbons (Fsp3) is 0.286. The average molecular weight is 275 g/mol. The van der Waals surface area contributed by atoms with Crippen molar-refractivity contribution in [3.8, 4) is 11.8 Å². The van der Waals surface area contributed by atoms with Crippen molar-refractivity contribution in [3.05, 3.63) is 36.0 Å². The quantitative estimate of drug-likeness (QED) is 0.392. The lowest BCUT2D eigenvalue weighted by atomic mass is 10.2. The molecule has 0 unspecified atom stereocenters. The van der Waals surface area contributed by atoms with Crippen LogP contribution in [0, 0.1) is 11.3 Å². The number of aliphatic hydroxyl groups excluding tert-OH is 1. The monoisotopic (exact) mass is 275 g/mol. The Morgan fingerprint density at radius 2 is 2.15 bits per heavy atom. The van der Waals surface area contributed by atoms with Crippen LogP contribution in [0.4, 0.5) is 5.69 Å². The Balaban J connectivity index is 2.64. The number of hydrogen-bond donors (Lipinski definition) is 3. The molecule has 0 radical (unpaired) electrons. The Morgan fingerprint density at radius 3 is 2.70 bits per heavy atom. The summed E-state index contributed by atoms with van der Waals surface area (Å²) in [6.07, 6.45) is 1.28. The molecule has 20 heavy (non-hydrogen) atoms. The number of rotatable bonds is 7. The summed E-state index contributed by atoms with van der Waals surface area (Å²) in [5.74, 6) is 0.202. The van der Waals surface area contributed by atoms with Crippen LogP contribution in [-0.2, 0) is 4.79 Å². The minimum atomic E-state index is -0.512. The second-order valence-electron chi connectivity index (χ2n) is 3.76. The zero-order valence-electron chi connectivity index (χ0n) is 11.2. The Kier molecular flexibility index (Phi) is 6.65. The third-order valence-corrected chi connectivity index (χ3v) is 2.29. The maximum atomic E-state index is 11.8. The molecule has 3 N–H and O–H groups in total. The molecule has 0 saturated carbocycles. The highest BCUT2D eigenvalue weighted by Crippen LogP contribution is 2.16. The molecule has 1 aromatic rings. The Bertz CT molecular complexity index is 503. The number of benzene rings is 1. The van der Waals surface area contributed by atoms with Gasteiger partial charge in [0, 0.05) is 18.4 Å². The summed E-state index contributed by atoms with van der Waals surface area (Å²) in [5, 5.41) is 22.8. The molecule has 1 amide bonds. The van der Waals surface area contributed by atoms with Gasteiger partial charge in [0.25, 0.3) is 5.91 Å². The van der Waals surface area contributed by atoms with Gasteiger partial charge in [-0.3, -0.25) is 4.79 Å². The third kappa shape index (κ3) is 5.00. The standard InChI is InChI=1S/C14H17N3O3/c1-2-20-13-5-3-12(4-6-13)17-14(19)11(9-15)10-16-7-8-18/h3-6,10,16,18H,2,7-8H2,1H3,(H,17,19)/b11-10-. The first-order valence-corrected chi connectivity index (χ1v) is 6.20. The Morgan fingerprint density at radius 1 is 1.45 bits per heavy atom. The SMILES string of the molecule is CCOc1ccc(NC(=O)/C(C#N)=C\NCCO)cc1. The van der Waals surface area contributed by atoms with Crippen molar-refractivity contribution in [1.82, 2.24) is 5.32 Å². The van der Waals surface area contributed by atoms with Gasteiger partial charge in [-0.2, -0.15) is 5.26 Å². The highest BCUT2D eigenvalue weighted by atomic mass is 16.5. The first-order chi connectivity index (χ1) is 9.71. The van der Waals surface area contributed by atoms with Crippen LogP contribution in [0.15, 0.2) is 36.0 Å². The predicted octanol–water partition coefficient (Wildman–Crippen LogP) is 1.01. The number of carbonyl (C=O) groups excluding carboxylic acids is 1. The van der Waals surface area contributed by atoms with E-state index in [1.165, 1.54) is 6.20 Å². The third-order valence-electron chi connectivity index (χ3n) is 2.29. The maximum Gasteiger partial charge on any atom is 0.267 e. The molecule has 0 aliphatic rings. The van der Waals surface area contributed by atoms with Gasteiger partial charge in [-0.25, -0.2) is 0 Å². The van der Waals surface area contributed by atoms with Crippen molar-refractivity contribution >= 4 is 11.6 Å². The first-order valence-electron chi connectivity index (χ1n) is 6.20. The van der Waals surface area contributed by atoms with Gasteiger partial charge in [-0.1, -0.05) is 0 Å². The number of amides is 1. The summed E-state index contributed by atoms with van der Waals surface area (Å²) in [6, 6.07) is 8.65. The molecule has 106 valence electrons. The van der Waals surface area contributed by atoms with E-state index in [0.29, 0.717) is 18.0 Å². The van der Waals surface area contributed by atoms with E-state index < -0.39 is 5.91 Å². The lowest BCUT2D eigenvalue weighted by Gasteiger charge is -2.06. The van der Waals surface area contributed by atoms with E-state index in [4.69, 9.17) is 15.1 Å². The zero-order valence-corrected chi connectivity index (χ0v) is 11.2. The van der Waals surface area contributed by atoms with E-state index in [0.717, 1.165) is 0 Å². The van der Waals surface area contributed by atoms with Crippen LogP contribution >= 0.6 is 0 Å². The van der Waals surface area contributed by atoms with E-state index in [2.05, 4.69) is 10.6 Å².